The van der Waals surface area contributed by atoms with Crippen LogP contribution in [0.4, 0.5) is 5.82 Å². The van der Waals surface area contributed by atoms with Crippen LogP contribution in [0.25, 0.3) is 0 Å². The van der Waals surface area contributed by atoms with Crippen molar-refractivity contribution in [3.05, 3.63) is 80.4 Å². The van der Waals surface area contributed by atoms with Gasteiger partial charge in [0.15, 0.2) is 5.82 Å². The van der Waals surface area contributed by atoms with Gasteiger partial charge >= 0.3 is 0 Å². The van der Waals surface area contributed by atoms with E-state index in [0.717, 1.165) is 23.2 Å². The predicted molar refractivity (Wildman–Crippen MR) is 113 cm³/mol. The molecule has 3 aromatic rings. The molecule has 1 saturated carbocycles. The van der Waals surface area contributed by atoms with Crippen molar-refractivity contribution < 1.29 is 4.79 Å². The number of anilines is 1. The highest BCUT2D eigenvalue weighted by atomic mass is 35.5. The Morgan fingerprint density at radius 1 is 1.11 bits per heavy atom. The molecule has 1 aliphatic rings. The van der Waals surface area contributed by atoms with Crippen LogP contribution < -0.4 is 5.32 Å². The fourth-order valence-electron chi connectivity index (χ4n) is 3.32. The van der Waals surface area contributed by atoms with E-state index in [1.54, 1.807) is 6.07 Å². The quantitative estimate of drug-likeness (QED) is 0.540. The smallest absolute Gasteiger partial charge is 0.229 e. The molecule has 1 amide bonds. The van der Waals surface area contributed by atoms with Gasteiger partial charge in [-0.3, -0.25) is 9.48 Å². The minimum Gasteiger partial charge on any atom is -0.309 e. The molecule has 28 heavy (non-hydrogen) atoms. The standard InChI is InChI=1S/C21H18Cl3N3O/c1-12-8-20(26-27(12)11-13-2-7-18(23)19(24)9-13)25-21(28)17-10-16(17)14-3-5-15(22)6-4-14/h2-9,16-17H,10-11H2,1H3,(H,25,26,28). The molecule has 2 atom stereocenters. The van der Waals surface area contributed by atoms with Gasteiger partial charge in [-0.2, -0.15) is 5.10 Å². The van der Waals surface area contributed by atoms with Crippen LogP contribution in [-0.2, 0) is 11.3 Å². The van der Waals surface area contributed by atoms with Gasteiger partial charge in [-0.15, -0.1) is 0 Å². The van der Waals surface area contributed by atoms with Gasteiger partial charge in [-0.05, 0) is 54.7 Å². The van der Waals surface area contributed by atoms with Crippen molar-refractivity contribution >= 4 is 46.5 Å². The molecule has 2 unspecified atom stereocenters. The first kappa shape index (κ1) is 19.3. The molecule has 0 spiro atoms. The highest BCUT2D eigenvalue weighted by molar-refractivity contribution is 6.42. The highest BCUT2D eigenvalue weighted by Crippen LogP contribution is 2.48. The van der Waals surface area contributed by atoms with Gasteiger partial charge in [0, 0.05) is 22.7 Å². The number of aromatic nitrogens is 2. The fourth-order valence-corrected chi connectivity index (χ4v) is 3.77. The summed E-state index contributed by atoms with van der Waals surface area (Å²) in [5.41, 5.74) is 3.08. The molecule has 0 aliphatic heterocycles. The van der Waals surface area contributed by atoms with Crippen LogP contribution in [0.1, 0.15) is 29.2 Å². The van der Waals surface area contributed by atoms with E-state index in [0.29, 0.717) is 27.4 Å². The maximum Gasteiger partial charge on any atom is 0.229 e. The van der Waals surface area contributed by atoms with Crippen molar-refractivity contribution in [3.8, 4) is 0 Å². The van der Waals surface area contributed by atoms with E-state index in [1.807, 2.05) is 54.1 Å². The molecular formula is C21H18Cl3N3O. The second kappa shape index (κ2) is 7.78. The molecule has 4 rings (SSSR count). The predicted octanol–water partition coefficient (Wildman–Crippen LogP) is 5.94. The largest absolute Gasteiger partial charge is 0.309 e. The van der Waals surface area contributed by atoms with Crippen molar-refractivity contribution in [1.82, 2.24) is 9.78 Å². The molecule has 1 heterocycles. The molecule has 1 aromatic heterocycles. The van der Waals surface area contributed by atoms with E-state index in [1.165, 1.54) is 0 Å². The van der Waals surface area contributed by atoms with Crippen LogP contribution in [0.3, 0.4) is 0 Å². The highest BCUT2D eigenvalue weighted by Gasteiger charge is 2.44. The zero-order chi connectivity index (χ0) is 19.8. The Bertz CT molecular complexity index is 1030. The van der Waals surface area contributed by atoms with E-state index in [2.05, 4.69) is 10.4 Å². The molecule has 0 bridgehead atoms. The van der Waals surface area contributed by atoms with E-state index >= 15 is 0 Å². The van der Waals surface area contributed by atoms with Crippen LogP contribution in [0.5, 0.6) is 0 Å². The van der Waals surface area contributed by atoms with Crippen molar-refractivity contribution in [1.29, 1.82) is 0 Å². The Balaban J connectivity index is 1.40. The number of amides is 1. The number of halogens is 3. The monoisotopic (exact) mass is 433 g/mol. The minimum atomic E-state index is -0.0262. The molecule has 1 fully saturated rings. The van der Waals surface area contributed by atoms with Crippen molar-refractivity contribution in [2.75, 3.05) is 5.32 Å². The van der Waals surface area contributed by atoms with Crippen LogP contribution >= 0.6 is 34.8 Å². The zero-order valence-electron chi connectivity index (χ0n) is 15.1. The number of nitrogens with zero attached hydrogens (tertiary/aromatic N) is 2. The summed E-state index contributed by atoms with van der Waals surface area (Å²) >= 11 is 18.0. The third-order valence-electron chi connectivity index (χ3n) is 4.97. The number of carbonyl (C=O) groups excluding carboxylic acids is 1. The van der Waals surface area contributed by atoms with Crippen LogP contribution in [0, 0.1) is 12.8 Å². The zero-order valence-corrected chi connectivity index (χ0v) is 17.4. The van der Waals surface area contributed by atoms with Gasteiger partial charge in [0.05, 0.1) is 16.6 Å². The molecular weight excluding hydrogens is 417 g/mol. The number of aryl methyl sites for hydroxylation is 1. The first-order chi connectivity index (χ1) is 13.4. The minimum absolute atomic E-state index is 0.000799. The van der Waals surface area contributed by atoms with Crippen molar-refractivity contribution in [3.63, 3.8) is 0 Å². The summed E-state index contributed by atoms with van der Waals surface area (Å²) in [6.07, 6.45) is 0.844. The Hall–Kier alpha value is -2.01. The van der Waals surface area contributed by atoms with Gasteiger partial charge in [0.25, 0.3) is 0 Å². The summed E-state index contributed by atoms with van der Waals surface area (Å²) in [6.45, 7) is 2.50. The maximum atomic E-state index is 12.6. The molecule has 4 nitrogen and oxygen atoms in total. The van der Waals surface area contributed by atoms with Gasteiger partial charge in [-0.1, -0.05) is 53.0 Å². The normalized spacial score (nSPS) is 18.1. The first-order valence-electron chi connectivity index (χ1n) is 8.95. The molecule has 144 valence electrons. The van der Waals surface area contributed by atoms with Gasteiger partial charge in [0.2, 0.25) is 5.91 Å². The average Bonchev–Trinajstić information content (AvgIpc) is 3.38. The van der Waals surface area contributed by atoms with Crippen molar-refractivity contribution in [2.45, 2.75) is 25.8 Å². The maximum absolute atomic E-state index is 12.6. The molecule has 1 N–H and O–H groups in total. The molecule has 0 saturated heterocycles. The number of rotatable bonds is 5. The fraction of sp³-hybridized carbons (Fsp3) is 0.238. The number of nitrogens with one attached hydrogen (secondary N) is 1. The SMILES string of the molecule is Cc1cc(NC(=O)C2CC2c2ccc(Cl)cc2)nn1Cc1ccc(Cl)c(Cl)c1. The Kier molecular flexibility index (Phi) is 5.37. The topological polar surface area (TPSA) is 46.9 Å². The number of carbonyl (C=O) groups is 1. The van der Waals surface area contributed by atoms with E-state index < -0.39 is 0 Å². The third kappa shape index (κ3) is 4.19. The lowest BCUT2D eigenvalue weighted by Gasteiger charge is -2.06. The van der Waals surface area contributed by atoms with E-state index in [-0.39, 0.29) is 17.7 Å². The summed E-state index contributed by atoms with van der Waals surface area (Å²) in [6, 6.07) is 15.1. The van der Waals surface area contributed by atoms with E-state index in [9.17, 15) is 4.79 Å². The summed E-state index contributed by atoms with van der Waals surface area (Å²) in [5.74, 6) is 0.779. The number of hydrogen-bond acceptors (Lipinski definition) is 2. The van der Waals surface area contributed by atoms with Gasteiger partial charge in [-0.25, -0.2) is 0 Å². The number of hydrogen-bond donors (Lipinski definition) is 1. The molecule has 1 aliphatic carbocycles. The Morgan fingerprint density at radius 2 is 1.86 bits per heavy atom. The average molecular weight is 435 g/mol. The molecule has 7 heteroatoms. The van der Waals surface area contributed by atoms with Gasteiger partial charge < -0.3 is 5.32 Å². The summed E-state index contributed by atoms with van der Waals surface area (Å²) in [7, 11) is 0. The van der Waals surface area contributed by atoms with Crippen molar-refractivity contribution in [2.24, 2.45) is 5.92 Å². The summed E-state index contributed by atoms with van der Waals surface area (Å²) < 4.78 is 1.83. The summed E-state index contributed by atoms with van der Waals surface area (Å²) in [4.78, 5) is 12.6. The first-order valence-corrected chi connectivity index (χ1v) is 10.1. The van der Waals surface area contributed by atoms with Crippen LogP contribution in [0.2, 0.25) is 15.1 Å². The lowest BCUT2D eigenvalue weighted by molar-refractivity contribution is -0.117. The third-order valence-corrected chi connectivity index (χ3v) is 5.97. The lowest BCUT2D eigenvalue weighted by atomic mass is 10.1. The molecule has 2 aromatic carbocycles. The summed E-state index contributed by atoms with van der Waals surface area (Å²) in [5, 5.41) is 9.19. The molecule has 0 radical (unpaired) electrons. The number of benzene rings is 2. The second-order valence-electron chi connectivity index (χ2n) is 7.07. The van der Waals surface area contributed by atoms with E-state index in [4.69, 9.17) is 34.8 Å². The Labute approximate surface area is 178 Å². The van der Waals surface area contributed by atoms with Crippen LogP contribution in [-0.4, -0.2) is 15.7 Å². The van der Waals surface area contributed by atoms with Gasteiger partial charge in [0.1, 0.15) is 0 Å². The lowest BCUT2D eigenvalue weighted by Crippen LogP contribution is -2.15. The van der Waals surface area contributed by atoms with Crippen LogP contribution in [0.15, 0.2) is 48.5 Å². The second-order valence-corrected chi connectivity index (χ2v) is 8.32. The Morgan fingerprint density at radius 3 is 2.57 bits per heavy atom.